The largest absolute Gasteiger partial charge is 0.383 e. The van der Waals surface area contributed by atoms with Gasteiger partial charge in [-0.3, -0.25) is 4.68 Å². The minimum Gasteiger partial charge on any atom is -0.383 e. The first-order valence-electron chi connectivity index (χ1n) is 8.70. The van der Waals surface area contributed by atoms with Crippen molar-refractivity contribution < 1.29 is 4.74 Å². The summed E-state index contributed by atoms with van der Waals surface area (Å²) in [6, 6.07) is 0.480. The van der Waals surface area contributed by atoms with E-state index in [9.17, 15) is 0 Å². The lowest BCUT2D eigenvalue weighted by molar-refractivity contribution is 0.182. The molecule has 2 rings (SSSR count). The van der Waals surface area contributed by atoms with Crippen molar-refractivity contribution in [2.75, 3.05) is 13.7 Å². The second-order valence-corrected chi connectivity index (χ2v) is 6.40. The maximum absolute atomic E-state index is 6.08. The van der Waals surface area contributed by atoms with Gasteiger partial charge in [-0.2, -0.15) is 5.10 Å². The summed E-state index contributed by atoms with van der Waals surface area (Å²) in [6.45, 7) is 6.11. The Hall–Kier alpha value is -1.56. The summed E-state index contributed by atoms with van der Waals surface area (Å²) in [5.41, 5.74) is 9.40. The third kappa shape index (κ3) is 5.23. The number of hydrogen-bond acceptors (Lipinski definition) is 3. The highest BCUT2D eigenvalue weighted by atomic mass is 16.5. The van der Waals surface area contributed by atoms with Gasteiger partial charge in [-0.1, -0.05) is 25.7 Å². The van der Waals surface area contributed by atoms with E-state index in [4.69, 9.17) is 10.5 Å². The minimum atomic E-state index is 0.480. The highest BCUT2D eigenvalue weighted by Crippen LogP contribution is 2.17. The first-order chi connectivity index (χ1) is 11.1. The van der Waals surface area contributed by atoms with E-state index in [0.29, 0.717) is 25.2 Å². The molecule has 0 aromatic carbocycles. The van der Waals surface area contributed by atoms with E-state index in [0.717, 1.165) is 23.5 Å². The molecular formula is C17H31N5O. The topological polar surface area (TPSA) is 77.5 Å². The molecule has 0 saturated heterocycles. The molecule has 1 aromatic rings. The van der Waals surface area contributed by atoms with E-state index in [-0.39, 0.29) is 0 Å². The highest BCUT2D eigenvalue weighted by Gasteiger charge is 2.13. The van der Waals surface area contributed by atoms with Crippen LogP contribution >= 0.6 is 0 Å². The number of nitrogens with zero attached hydrogens (tertiary/aromatic N) is 3. The molecule has 6 nitrogen and oxygen atoms in total. The molecule has 1 saturated carbocycles. The monoisotopic (exact) mass is 321 g/mol. The molecule has 0 spiro atoms. The van der Waals surface area contributed by atoms with Gasteiger partial charge >= 0.3 is 0 Å². The third-order valence-electron chi connectivity index (χ3n) is 4.65. The Morgan fingerprint density at radius 1 is 1.30 bits per heavy atom. The number of rotatable bonds is 6. The highest BCUT2D eigenvalue weighted by molar-refractivity contribution is 5.78. The van der Waals surface area contributed by atoms with Crippen LogP contribution in [0.5, 0.6) is 0 Å². The molecule has 0 aliphatic heterocycles. The van der Waals surface area contributed by atoms with Crippen molar-refractivity contribution in [3.63, 3.8) is 0 Å². The summed E-state index contributed by atoms with van der Waals surface area (Å²) in [5, 5.41) is 7.95. The molecule has 0 atom stereocenters. The van der Waals surface area contributed by atoms with Gasteiger partial charge in [0.1, 0.15) is 0 Å². The molecule has 130 valence electrons. The Morgan fingerprint density at radius 3 is 2.65 bits per heavy atom. The van der Waals surface area contributed by atoms with Crippen LogP contribution < -0.4 is 11.1 Å². The average Bonchev–Trinajstić information content (AvgIpc) is 2.71. The number of guanidine groups is 1. The fraction of sp³-hybridized carbons (Fsp3) is 0.765. The summed E-state index contributed by atoms with van der Waals surface area (Å²) in [6.07, 6.45) is 7.65. The lowest BCUT2D eigenvalue weighted by Crippen LogP contribution is -2.39. The predicted octanol–water partition coefficient (Wildman–Crippen LogP) is 2.27. The van der Waals surface area contributed by atoms with E-state index in [1.165, 1.54) is 38.5 Å². The Kier molecular flexibility index (Phi) is 6.89. The van der Waals surface area contributed by atoms with Crippen LogP contribution in [-0.2, 0) is 17.8 Å². The Balaban J connectivity index is 1.94. The van der Waals surface area contributed by atoms with Crippen LogP contribution in [0.1, 0.15) is 55.5 Å². The Bertz CT molecular complexity index is 515. The van der Waals surface area contributed by atoms with E-state index in [1.807, 2.05) is 11.6 Å². The Labute approximate surface area is 139 Å². The lowest BCUT2D eigenvalue weighted by Gasteiger charge is -2.16. The first kappa shape index (κ1) is 17.8. The SMILES string of the molecule is COCCn1nc(C)c(CN=C(N)NC2CCCCCC2)c1C. The molecule has 1 fully saturated rings. The van der Waals surface area contributed by atoms with Crippen molar-refractivity contribution >= 4 is 5.96 Å². The number of methoxy groups -OCH3 is 1. The summed E-state index contributed by atoms with van der Waals surface area (Å²) >= 11 is 0. The van der Waals surface area contributed by atoms with Crippen molar-refractivity contribution in [1.29, 1.82) is 0 Å². The minimum absolute atomic E-state index is 0.480. The fourth-order valence-corrected chi connectivity index (χ4v) is 3.20. The van der Waals surface area contributed by atoms with Crippen LogP contribution in [0.4, 0.5) is 0 Å². The normalized spacial score (nSPS) is 17.3. The molecule has 1 aliphatic carbocycles. The standard InChI is InChI=1S/C17H31N5O/c1-13-16(14(2)22(21-13)10-11-23-3)12-19-17(18)20-15-8-6-4-5-7-9-15/h15H,4-12H2,1-3H3,(H3,18,19,20). The van der Waals surface area contributed by atoms with Gasteiger partial charge < -0.3 is 15.8 Å². The zero-order valence-corrected chi connectivity index (χ0v) is 14.8. The summed E-state index contributed by atoms with van der Waals surface area (Å²) < 4.78 is 7.11. The quantitative estimate of drug-likeness (QED) is 0.479. The van der Waals surface area contributed by atoms with E-state index >= 15 is 0 Å². The van der Waals surface area contributed by atoms with Crippen molar-refractivity contribution in [2.45, 2.75) is 71.5 Å². The molecule has 6 heteroatoms. The van der Waals surface area contributed by atoms with Gasteiger partial charge in [0.05, 0.1) is 25.4 Å². The molecule has 23 heavy (non-hydrogen) atoms. The van der Waals surface area contributed by atoms with Crippen molar-refractivity contribution in [3.8, 4) is 0 Å². The molecule has 1 heterocycles. The average molecular weight is 321 g/mol. The van der Waals surface area contributed by atoms with Crippen molar-refractivity contribution in [3.05, 3.63) is 17.0 Å². The van der Waals surface area contributed by atoms with E-state index in [1.54, 1.807) is 7.11 Å². The van der Waals surface area contributed by atoms with Gasteiger partial charge in [0.2, 0.25) is 0 Å². The van der Waals surface area contributed by atoms with Gasteiger partial charge in [-0.05, 0) is 26.7 Å². The molecule has 3 N–H and O–H groups in total. The molecule has 0 radical (unpaired) electrons. The third-order valence-corrected chi connectivity index (χ3v) is 4.65. The molecule has 1 aromatic heterocycles. The number of aliphatic imine (C=N–C) groups is 1. The zero-order valence-electron chi connectivity index (χ0n) is 14.8. The Morgan fingerprint density at radius 2 is 2.00 bits per heavy atom. The smallest absolute Gasteiger partial charge is 0.189 e. The molecule has 0 unspecified atom stereocenters. The van der Waals surface area contributed by atoms with Crippen LogP contribution in [-0.4, -0.2) is 35.5 Å². The van der Waals surface area contributed by atoms with Crippen LogP contribution in [0.15, 0.2) is 4.99 Å². The van der Waals surface area contributed by atoms with Crippen LogP contribution in [0.25, 0.3) is 0 Å². The summed E-state index contributed by atoms with van der Waals surface area (Å²) in [4.78, 5) is 4.53. The number of nitrogens with one attached hydrogen (secondary N) is 1. The fourth-order valence-electron chi connectivity index (χ4n) is 3.20. The van der Waals surface area contributed by atoms with Gasteiger partial charge in [-0.15, -0.1) is 0 Å². The molecule has 0 bridgehead atoms. The molecule has 0 amide bonds. The number of ether oxygens (including phenoxy) is 1. The molecular weight excluding hydrogens is 290 g/mol. The second-order valence-electron chi connectivity index (χ2n) is 6.40. The maximum Gasteiger partial charge on any atom is 0.189 e. The summed E-state index contributed by atoms with van der Waals surface area (Å²) in [5.74, 6) is 0.556. The number of hydrogen-bond donors (Lipinski definition) is 2. The summed E-state index contributed by atoms with van der Waals surface area (Å²) in [7, 11) is 1.71. The molecule has 1 aliphatic rings. The number of aromatic nitrogens is 2. The predicted molar refractivity (Wildman–Crippen MR) is 93.5 cm³/mol. The first-order valence-corrected chi connectivity index (χ1v) is 8.70. The van der Waals surface area contributed by atoms with Gasteiger partial charge in [0, 0.05) is 24.4 Å². The number of nitrogens with two attached hydrogens (primary N) is 1. The van der Waals surface area contributed by atoms with Gasteiger partial charge in [-0.25, -0.2) is 4.99 Å². The van der Waals surface area contributed by atoms with Crippen LogP contribution in [0, 0.1) is 13.8 Å². The van der Waals surface area contributed by atoms with E-state index in [2.05, 4.69) is 22.3 Å². The van der Waals surface area contributed by atoms with Crippen molar-refractivity contribution in [2.24, 2.45) is 10.7 Å². The van der Waals surface area contributed by atoms with Gasteiger partial charge in [0.15, 0.2) is 5.96 Å². The van der Waals surface area contributed by atoms with Crippen LogP contribution in [0.3, 0.4) is 0 Å². The van der Waals surface area contributed by atoms with E-state index < -0.39 is 0 Å². The van der Waals surface area contributed by atoms with Crippen LogP contribution in [0.2, 0.25) is 0 Å². The van der Waals surface area contributed by atoms with Gasteiger partial charge in [0.25, 0.3) is 0 Å². The lowest BCUT2D eigenvalue weighted by atomic mass is 10.1. The van der Waals surface area contributed by atoms with Crippen molar-refractivity contribution in [1.82, 2.24) is 15.1 Å². The number of aryl methyl sites for hydroxylation is 1. The second kappa shape index (κ2) is 8.91. The maximum atomic E-state index is 6.08. The zero-order chi connectivity index (χ0) is 16.7.